The fourth-order valence-electron chi connectivity index (χ4n) is 4.24. The van der Waals surface area contributed by atoms with Crippen molar-refractivity contribution in [1.29, 1.82) is 0 Å². The van der Waals surface area contributed by atoms with Crippen LogP contribution in [0.2, 0.25) is 0 Å². The number of benzene rings is 3. The van der Waals surface area contributed by atoms with Crippen LogP contribution in [-0.4, -0.2) is 29.0 Å². The van der Waals surface area contributed by atoms with Crippen LogP contribution in [0.4, 0.5) is 5.69 Å². The SMILES string of the molecule is COc1ccc(/C(O)=C2/C(=O)C(=O)N(c3cc(C)ccc3O)C2c2cccc(C)c2)cc1C. The van der Waals surface area contributed by atoms with Gasteiger partial charge in [-0.15, -0.1) is 0 Å². The van der Waals surface area contributed by atoms with Crippen LogP contribution in [0.15, 0.2) is 66.2 Å². The monoisotopic (exact) mass is 443 g/mol. The summed E-state index contributed by atoms with van der Waals surface area (Å²) >= 11 is 0. The van der Waals surface area contributed by atoms with Gasteiger partial charge in [0.05, 0.1) is 24.4 Å². The number of amides is 1. The van der Waals surface area contributed by atoms with Gasteiger partial charge in [-0.25, -0.2) is 0 Å². The first kappa shape index (κ1) is 22.1. The molecule has 1 saturated heterocycles. The van der Waals surface area contributed by atoms with Crippen molar-refractivity contribution in [1.82, 2.24) is 0 Å². The van der Waals surface area contributed by atoms with Crippen molar-refractivity contribution in [3.05, 3.63) is 94.1 Å². The van der Waals surface area contributed by atoms with Crippen molar-refractivity contribution in [3.63, 3.8) is 0 Å². The van der Waals surface area contributed by atoms with E-state index in [2.05, 4.69) is 0 Å². The van der Waals surface area contributed by atoms with Gasteiger partial charge in [-0.2, -0.15) is 0 Å². The number of methoxy groups -OCH3 is 1. The molecule has 3 aromatic carbocycles. The Labute approximate surface area is 192 Å². The van der Waals surface area contributed by atoms with Gasteiger partial charge in [0.25, 0.3) is 11.7 Å². The van der Waals surface area contributed by atoms with Crippen molar-refractivity contribution < 1.29 is 24.5 Å². The van der Waals surface area contributed by atoms with Crippen LogP contribution < -0.4 is 9.64 Å². The van der Waals surface area contributed by atoms with Gasteiger partial charge in [0, 0.05) is 5.56 Å². The number of Topliss-reactive ketones (excluding diaryl/α,β-unsaturated/α-hetero) is 1. The molecule has 0 bridgehead atoms. The van der Waals surface area contributed by atoms with Crippen molar-refractivity contribution in [2.75, 3.05) is 12.0 Å². The largest absolute Gasteiger partial charge is 0.507 e. The molecule has 168 valence electrons. The lowest BCUT2D eigenvalue weighted by Crippen LogP contribution is -2.29. The second kappa shape index (κ2) is 8.47. The number of ketones is 1. The molecule has 1 amide bonds. The molecule has 0 aliphatic carbocycles. The molecule has 3 aromatic rings. The molecule has 0 spiro atoms. The Morgan fingerprint density at radius 1 is 0.939 bits per heavy atom. The molecule has 6 nitrogen and oxygen atoms in total. The number of phenols is 1. The summed E-state index contributed by atoms with van der Waals surface area (Å²) in [6.07, 6.45) is 0. The van der Waals surface area contributed by atoms with Gasteiger partial charge in [-0.1, -0.05) is 35.9 Å². The lowest BCUT2D eigenvalue weighted by atomic mass is 9.93. The third kappa shape index (κ3) is 3.84. The van der Waals surface area contributed by atoms with Crippen molar-refractivity contribution >= 4 is 23.1 Å². The number of ether oxygens (including phenoxy) is 1. The first-order chi connectivity index (χ1) is 15.7. The number of aliphatic hydroxyl groups is 1. The van der Waals surface area contributed by atoms with Crippen LogP contribution in [0.25, 0.3) is 5.76 Å². The van der Waals surface area contributed by atoms with E-state index in [1.54, 1.807) is 43.5 Å². The topological polar surface area (TPSA) is 87.1 Å². The van der Waals surface area contributed by atoms with Gasteiger partial charge in [-0.05, 0) is 67.8 Å². The second-order valence-electron chi connectivity index (χ2n) is 8.26. The Hall–Kier alpha value is -4.06. The van der Waals surface area contributed by atoms with Gasteiger partial charge in [0.1, 0.15) is 17.3 Å². The summed E-state index contributed by atoms with van der Waals surface area (Å²) in [5.41, 5.74) is 3.77. The summed E-state index contributed by atoms with van der Waals surface area (Å²) < 4.78 is 5.29. The van der Waals surface area contributed by atoms with Gasteiger partial charge < -0.3 is 14.9 Å². The van der Waals surface area contributed by atoms with E-state index >= 15 is 0 Å². The molecule has 0 saturated carbocycles. The number of aromatic hydroxyl groups is 1. The predicted molar refractivity (Wildman–Crippen MR) is 127 cm³/mol. The summed E-state index contributed by atoms with van der Waals surface area (Å²) in [6, 6.07) is 16.4. The molecule has 1 aliphatic rings. The van der Waals surface area contributed by atoms with E-state index in [9.17, 15) is 19.8 Å². The quantitative estimate of drug-likeness (QED) is 0.338. The van der Waals surface area contributed by atoms with Crippen LogP contribution in [-0.2, 0) is 9.59 Å². The van der Waals surface area contributed by atoms with Gasteiger partial charge in [0.2, 0.25) is 0 Å². The molecule has 1 unspecified atom stereocenters. The van der Waals surface area contributed by atoms with Crippen molar-refractivity contribution in [2.45, 2.75) is 26.8 Å². The number of rotatable bonds is 4. The molecular weight excluding hydrogens is 418 g/mol. The first-order valence-electron chi connectivity index (χ1n) is 10.5. The predicted octanol–water partition coefficient (Wildman–Crippen LogP) is 4.95. The molecule has 1 aliphatic heterocycles. The minimum Gasteiger partial charge on any atom is -0.507 e. The zero-order chi connectivity index (χ0) is 23.9. The molecule has 1 heterocycles. The van der Waals surface area contributed by atoms with Crippen molar-refractivity contribution in [2.24, 2.45) is 0 Å². The number of phenolic OH excluding ortho intramolecular Hbond substituents is 1. The molecular formula is C27H25NO5. The number of hydrogen-bond donors (Lipinski definition) is 2. The van der Waals surface area contributed by atoms with Crippen LogP contribution in [0.5, 0.6) is 11.5 Å². The average molecular weight is 443 g/mol. The molecule has 6 heteroatoms. The number of aryl methyl sites for hydroxylation is 3. The fraction of sp³-hybridized carbons (Fsp3) is 0.185. The Balaban J connectivity index is 1.98. The number of carbonyl (C=O) groups excluding carboxylic acids is 2. The molecule has 0 aromatic heterocycles. The number of nitrogens with zero attached hydrogens (tertiary/aromatic N) is 1. The summed E-state index contributed by atoms with van der Waals surface area (Å²) in [4.78, 5) is 27.8. The maximum atomic E-state index is 13.3. The zero-order valence-electron chi connectivity index (χ0n) is 18.9. The highest BCUT2D eigenvalue weighted by Gasteiger charge is 2.47. The highest BCUT2D eigenvalue weighted by Crippen LogP contribution is 2.45. The third-order valence-corrected chi connectivity index (χ3v) is 5.86. The standard InChI is InChI=1S/C27H25NO5/c1-15-6-5-7-18(12-15)24-23(25(30)19-9-11-22(33-4)17(3)14-19)26(31)27(32)28(24)20-13-16(2)8-10-21(20)29/h5-14,24,29-30H,1-4H3/b25-23-. The van der Waals surface area contributed by atoms with Crippen LogP contribution in [0, 0.1) is 20.8 Å². The lowest BCUT2D eigenvalue weighted by molar-refractivity contribution is -0.132. The van der Waals surface area contributed by atoms with Gasteiger partial charge in [0.15, 0.2) is 0 Å². The number of carbonyl (C=O) groups is 2. The normalized spacial score (nSPS) is 17.5. The summed E-state index contributed by atoms with van der Waals surface area (Å²) in [6.45, 7) is 5.57. The van der Waals surface area contributed by atoms with E-state index in [1.165, 1.54) is 11.0 Å². The summed E-state index contributed by atoms with van der Waals surface area (Å²) in [5.74, 6) is -1.38. The van der Waals surface area contributed by atoms with Crippen molar-refractivity contribution in [3.8, 4) is 11.5 Å². The van der Waals surface area contributed by atoms with E-state index in [1.807, 2.05) is 39.0 Å². The maximum absolute atomic E-state index is 13.3. The molecule has 4 rings (SSSR count). The number of aliphatic hydroxyl groups excluding tert-OH is 1. The second-order valence-corrected chi connectivity index (χ2v) is 8.26. The molecule has 33 heavy (non-hydrogen) atoms. The Bertz CT molecular complexity index is 1310. The minimum absolute atomic E-state index is 0.0314. The molecule has 1 fully saturated rings. The number of anilines is 1. The van der Waals surface area contributed by atoms with E-state index in [4.69, 9.17) is 4.74 Å². The molecule has 1 atom stereocenters. The first-order valence-corrected chi connectivity index (χ1v) is 10.5. The highest BCUT2D eigenvalue weighted by atomic mass is 16.5. The van der Waals surface area contributed by atoms with E-state index in [-0.39, 0.29) is 22.8 Å². The molecule has 0 radical (unpaired) electrons. The van der Waals surface area contributed by atoms with Gasteiger partial charge >= 0.3 is 0 Å². The van der Waals surface area contributed by atoms with E-state index in [0.29, 0.717) is 16.9 Å². The maximum Gasteiger partial charge on any atom is 0.300 e. The van der Waals surface area contributed by atoms with Crippen LogP contribution in [0.1, 0.15) is 33.9 Å². The molecule has 2 N–H and O–H groups in total. The Morgan fingerprint density at radius 2 is 1.67 bits per heavy atom. The average Bonchev–Trinajstić information content (AvgIpc) is 3.05. The van der Waals surface area contributed by atoms with E-state index in [0.717, 1.165) is 16.7 Å². The van der Waals surface area contributed by atoms with E-state index < -0.39 is 17.7 Å². The summed E-state index contributed by atoms with van der Waals surface area (Å²) in [5, 5.41) is 21.8. The Morgan fingerprint density at radius 3 is 2.33 bits per heavy atom. The number of hydrogen-bond acceptors (Lipinski definition) is 5. The highest BCUT2D eigenvalue weighted by molar-refractivity contribution is 6.52. The smallest absolute Gasteiger partial charge is 0.300 e. The Kier molecular flexibility index (Phi) is 5.68. The summed E-state index contributed by atoms with van der Waals surface area (Å²) in [7, 11) is 1.56. The minimum atomic E-state index is -0.903. The van der Waals surface area contributed by atoms with Crippen LogP contribution >= 0.6 is 0 Å². The zero-order valence-corrected chi connectivity index (χ0v) is 18.9. The van der Waals surface area contributed by atoms with Gasteiger partial charge in [-0.3, -0.25) is 14.5 Å². The lowest BCUT2D eigenvalue weighted by Gasteiger charge is -2.26. The van der Waals surface area contributed by atoms with Crippen LogP contribution in [0.3, 0.4) is 0 Å². The fourth-order valence-corrected chi connectivity index (χ4v) is 4.24. The third-order valence-electron chi connectivity index (χ3n) is 5.86.